The van der Waals surface area contributed by atoms with Gasteiger partial charge in [-0.25, -0.2) is 0 Å². The minimum atomic E-state index is -0.756. The second-order valence-corrected chi connectivity index (χ2v) is 4.12. The number of hydrogen-bond acceptors (Lipinski definition) is 2. The van der Waals surface area contributed by atoms with E-state index in [9.17, 15) is 9.59 Å². The lowest BCUT2D eigenvalue weighted by molar-refractivity contribution is -0.142. The van der Waals surface area contributed by atoms with E-state index in [0.29, 0.717) is 12.8 Å². The SMILES string of the molecule is C[C@H](CCCCC[C@@H](C)C(=O)O)C(=O)O. The number of carboxylic acid groups (broad SMARTS) is 2. The average Bonchev–Trinajstić information content (AvgIpc) is 2.16. The fraction of sp³-hybridized carbons (Fsp3) is 0.818. The highest BCUT2D eigenvalue weighted by Crippen LogP contribution is 2.13. The molecule has 0 aliphatic rings. The lowest BCUT2D eigenvalue weighted by atomic mass is 9.99. The van der Waals surface area contributed by atoms with Crippen LogP contribution in [0.4, 0.5) is 0 Å². The Kier molecular flexibility index (Phi) is 6.75. The molecule has 0 aromatic carbocycles. The van der Waals surface area contributed by atoms with Crippen molar-refractivity contribution in [3.63, 3.8) is 0 Å². The minimum absolute atomic E-state index is 0.290. The van der Waals surface area contributed by atoms with Crippen molar-refractivity contribution in [2.24, 2.45) is 11.8 Å². The van der Waals surface area contributed by atoms with Crippen molar-refractivity contribution in [1.29, 1.82) is 0 Å². The molecule has 4 nitrogen and oxygen atoms in total. The summed E-state index contributed by atoms with van der Waals surface area (Å²) in [5.41, 5.74) is 0. The Balaban J connectivity index is 3.40. The van der Waals surface area contributed by atoms with Crippen LogP contribution < -0.4 is 0 Å². The smallest absolute Gasteiger partial charge is 0.306 e. The third kappa shape index (κ3) is 6.94. The van der Waals surface area contributed by atoms with Gasteiger partial charge in [0.2, 0.25) is 0 Å². The van der Waals surface area contributed by atoms with Crippen molar-refractivity contribution in [3.05, 3.63) is 0 Å². The third-order valence-electron chi connectivity index (χ3n) is 2.62. The van der Waals surface area contributed by atoms with E-state index in [0.717, 1.165) is 19.3 Å². The summed E-state index contributed by atoms with van der Waals surface area (Å²) in [6, 6.07) is 0. The number of carbonyl (C=O) groups is 2. The molecule has 0 bridgehead atoms. The summed E-state index contributed by atoms with van der Waals surface area (Å²) in [4.78, 5) is 21.0. The summed E-state index contributed by atoms with van der Waals surface area (Å²) >= 11 is 0. The van der Waals surface area contributed by atoms with Gasteiger partial charge in [-0.15, -0.1) is 0 Å². The summed E-state index contributed by atoms with van der Waals surface area (Å²) in [5.74, 6) is -2.09. The first-order chi connectivity index (χ1) is 6.95. The maximum Gasteiger partial charge on any atom is 0.306 e. The first-order valence-corrected chi connectivity index (χ1v) is 5.40. The molecular formula is C11H20O4. The van der Waals surface area contributed by atoms with E-state index in [4.69, 9.17) is 10.2 Å². The van der Waals surface area contributed by atoms with Gasteiger partial charge in [0.1, 0.15) is 0 Å². The topological polar surface area (TPSA) is 74.6 Å². The van der Waals surface area contributed by atoms with Crippen molar-refractivity contribution in [3.8, 4) is 0 Å². The Labute approximate surface area is 90.3 Å². The molecule has 88 valence electrons. The molecule has 2 atom stereocenters. The van der Waals surface area contributed by atoms with E-state index >= 15 is 0 Å². The summed E-state index contributed by atoms with van der Waals surface area (Å²) in [7, 11) is 0. The summed E-state index contributed by atoms with van der Waals surface area (Å²) in [6.07, 6.45) is 3.99. The van der Waals surface area contributed by atoms with Crippen LogP contribution in [0.5, 0.6) is 0 Å². The largest absolute Gasteiger partial charge is 0.481 e. The molecule has 0 spiro atoms. The van der Waals surface area contributed by atoms with Crippen molar-refractivity contribution >= 4 is 11.9 Å². The van der Waals surface area contributed by atoms with Gasteiger partial charge in [0.25, 0.3) is 0 Å². The number of carboxylic acids is 2. The van der Waals surface area contributed by atoms with Crippen molar-refractivity contribution in [2.45, 2.75) is 46.0 Å². The second kappa shape index (κ2) is 7.26. The first-order valence-electron chi connectivity index (χ1n) is 5.40. The van der Waals surface area contributed by atoms with Crippen LogP contribution in [0.15, 0.2) is 0 Å². The normalized spacial score (nSPS) is 14.5. The summed E-state index contributed by atoms with van der Waals surface area (Å²) in [5, 5.41) is 17.2. The Bertz CT molecular complexity index is 191. The molecule has 0 amide bonds. The van der Waals surface area contributed by atoms with Crippen LogP contribution in [0, 0.1) is 11.8 Å². The highest BCUT2D eigenvalue weighted by atomic mass is 16.4. The highest BCUT2D eigenvalue weighted by Gasteiger charge is 2.11. The summed E-state index contributed by atoms with van der Waals surface area (Å²) in [6.45, 7) is 3.39. The quantitative estimate of drug-likeness (QED) is 0.611. The third-order valence-corrected chi connectivity index (χ3v) is 2.62. The first kappa shape index (κ1) is 13.9. The molecule has 2 N–H and O–H groups in total. The fourth-order valence-corrected chi connectivity index (χ4v) is 1.32. The molecular weight excluding hydrogens is 196 g/mol. The van der Waals surface area contributed by atoms with E-state index in [2.05, 4.69) is 0 Å². The Hall–Kier alpha value is -1.06. The number of rotatable bonds is 8. The minimum Gasteiger partial charge on any atom is -0.481 e. The zero-order chi connectivity index (χ0) is 11.8. The maximum absolute atomic E-state index is 10.5. The molecule has 0 aliphatic carbocycles. The lowest BCUT2D eigenvalue weighted by Gasteiger charge is -2.07. The average molecular weight is 216 g/mol. The number of aliphatic carboxylic acids is 2. The predicted molar refractivity (Wildman–Crippen MR) is 56.7 cm³/mol. The van der Waals surface area contributed by atoms with Crippen LogP contribution in [0.3, 0.4) is 0 Å². The van der Waals surface area contributed by atoms with Crippen LogP contribution in [0.1, 0.15) is 46.0 Å². The molecule has 0 unspecified atom stereocenters. The van der Waals surface area contributed by atoms with Crippen LogP contribution in [-0.2, 0) is 9.59 Å². The van der Waals surface area contributed by atoms with Gasteiger partial charge in [-0.1, -0.05) is 33.1 Å². The lowest BCUT2D eigenvalue weighted by Crippen LogP contribution is -2.10. The predicted octanol–water partition coefficient (Wildman–Crippen LogP) is 2.38. The molecule has 0 aromatic rings. The van der Waals surface area contributed by atoms with Gasteiger partial charge in [-0.05, 0) is 12.8 Å². The molecule has 0 rings (SSSR count). The maximum atomic E-state index is 10.5. The van der Waals surface area contributed by atoms with Crippen molar-refractivity contribution < 1.29 is 19.8 Å². The second-order valence-electron chi connectivity index (χ2n) is 4.12. The standard InChI is InChI=1S/C11H20O4/c1-8(10(12)13)6-4-3-5-7-9(2)11(14)15/h8-9H,3-7H2,1-2H3,(H,12,13)(H,14,15)/t8-,9-/m1/s1. The van der Waals surface area contributed by atoms with Crippen LogP contribution >= 0.6 is 0 Å². The van der Waals surface area contributed by atoms with Crippen LogP contribution in [0.2, 0.25) is 0 Å². The molecule has 0 heterocycles. The molecule has 0 fully saturated rings. The van der Waals surface area contributed by atoms with Crippen molar-refractivity contribution in [1.82, 2.24) is 0 Å². The molecule has 4 heteroatoms. The Morgan fingerprint density at radius 2 is 1.20 bits per heavy atom. The van der Waals surface area contributed by atoms with Gasteiger partial charge in [0.15, 0.2) is 0 Å². The summed E-state index contributed by atoms with van der Waals surface area (Å²) < 4.78 is 0. The van der Waals surface area contributed by atoms with Gasteiger partial charge in [-0.3, -0.25) is 9.59 Å². The van der Waals surface area contributed by atoms with Gasteiger partial charge >= 0.3 is 11.9 Å². The zero-order valence-electron chi connectivity index (χ0n) is 9.40. The van der Waals surface area contributed by atoms with E-state index in [1.807, 2.05) is 0 Å². The monoisotopic (exact) mass is 216 g/mol. The van der Waals surface area contributed by atoms with Gasteiger partial charge in [-0.2, -0.15) is 0 Å². The van der Waals surface area contributed by atoms with Gasteiger partial charge in [0.05, 0.1) is 11.8 Å². The molecule has 0 saturated carbocycles. The number of hydrogen-bond donors (Lipinski definition) is 2. The van der Waals surface area contributed by atoms with Crippen molar-refractivity contribution in [2.75, 3.05) is 0 Å². The zero-order valence-corrected chi connectivity index (χ0v) is 9.40. The number of unbranched alkanes of at least 4 members (excludes halogenated alkanes) is 2. The molecule has 15 heavy (non-hydrogen) atoms. The molecule has 0 aliphatic heterocycles. The van der Waals surface area contributed by atoms with Crippen LogP contribution in [0.25, 0.3) is 0 Å². The molecule has 0 saturated heterocycles. The Morgan fingerprint density at radius 3 is 1.47 bits per heavy atom. The Morgan fingerprint density at radius 1 is 0.867 bits per heavy atom. The van der Waals surface area contributed by atoms with Gasteiger partial charge in [0, 0.05) is 0 Å². The highest BCUT2D eigenvalue weighted by molar-refractivity contribution is 5.69. The van der Waals surface area contributed by atoms with E-state index < -0.39 is 11.9 Å². The molecule has 0 aromatic heterocycles. The van der Waals surface area contributed by atoms with Crippen LogP contribution in [-0.4, -0.2) is 22.2 Å². The molecule has 0 radical (unpaired) electrons. The van der Waals surface area contributed by atoms with E-state index in [-0.39, 0.29) is 11.8 Å². The fourth-order valence-electron chi connectivity index (χ4n) is 1.32. The van der Waals surface area contributed by atoms with E-state index in [1.54, 1.807) is 13.8 Å². The van der Waals surface area contributed by atoms with E-state index in [1.165, 1.54) is 0 Å². The van der Waals surface area contributed by atoms with Gasteiger partial charge < -0.3 is 10.2 Å².